The number of hydrogen-bond acceptors (Lipinski definition) is 6. The molecule has 1 amide bonds. The number of nitrogens with one attached hydrogen (secondary N) is 1. The van der Waals surface area contributed by atoms with Crippen molar-refractivity contribution in [3.05, 3.63) is 12.7 Å². The first-order valence-corrected chi connectivity index (χ1v) is 14.7. The molecule has 7 nitrogen and oxygen atoms in total. The predicted molar refractivity (Wildman–Crippen MR) is 147 cm³/mol. The van der Waals surface area contributed by atoms with Crippen LogP contribution in [0, 0.1) is 0 Å². The zero-order valence-electron chi connectivity index (χ0n) is 23.5. The van der Waals surface area contributed by atoms with E-state index in [2.05, 4.69) is 25.7 Å². The molecular weight excluding hydrogens is 456 g/mol. The van der Waals surface area contributed by atoms with Crippen LogP contribution >= 0.6 is 0 Å². The molecule has 0 aliphatic carbocycles. The lowest BCUT2D eigenvalue weighted by Gasteiger charge is -2.46. The fourth-order valence-corrected chi connectivity index (χ4v) is 4.74. The Kier molecular flexibility index (Phi) is 20.2. The highest BCUT2D eigenvalue weighted by atomic mass is 16.7. The first-order valence-electron chi connectivity index (χ1n) is 14.7. The fraction of sp³-hybridized carbons (Fsp3) is 0.897. The minimum Gasteiger partial charge on any atom is -0.373 e. The van der Waals surface area contributed by atoms with E-state index in [1.54, 1.807) is 6.08 Å². The Morgan fingerprint density at radius 1 is 0.833 bits per heavy atom. The summed E-state index contributed by atoms with van der Waals surface area (Å²) in [6.45, 7) is 11.5. The van der Waals surface area contributed by atoms with Gasteiger partial charge in [-0.1, -0.05) is 97.0 Å². The van der Waals surface area contributed by atoms with Gasteiger partial charge in [-0.15, -0.1) is 6.58 Å². The van der Waals surface area contributed by atoms with Gasteiger partial charge in [-0.05, 0) is 12.8 Å². The molecule has 0 aromatic heterocycles. The number of hydrogen-bond donors (Lipinski definition) is 2. The van der Waals surface area contributed by atoms with Crippen LogP contribution in [0.4, 0.5) is 0 Å². The molecule has 0 spiro atoms. The molecule has 36 heavy (non-hydrogen) atoms. The van der Waals surface area contributed by atoms with Crippen LogP contribution in [-0.2, 0) is 23.7 Å². The number of unbranched alkanes of at least 4 members (excludes halogenated alkanes) is 12. The fourth-order valence-electron chi connectivity index (χ4n) is 4.74. The zero-order valence-corrected chi connectivity index (χ0v) is 23.5. The summed E-state index contributed by atoms with van der Waals surface area (Å²) < 4.78 is 24.8. The van der Waals surface area contributed by atoms with E-state index in [9.17, 15) is 4.79 Å². The lowest BCUT2D eigenvalue weighted by molar-refractivity contribution is -0.274. The molecule has 0 radical (unpaired) electrons. The van der Waals surface area contributed by atoms with Crippen molar-refractivity contribution in [3.8, 4) is 0 Å². The Labute approximate surface area is 221 Å². The lowest BCUT2D eigenvalue weighted by atomic mass is 9.95. The summed E-state index contributed by atoms with van der Waals surface area (Å²) in [5, 5.41) is 3.00. The number of nitrogens with two attached hydrogens (primary N) is 1. The first-order chi connectivity index (χ1) is 17.6. The van der Waals surface area contributed by atoms with Crippen molar-refractivity contribution >= 4 is 5.91 Å². The standard InChI is InChI=1S/C29H56N2O5/c1-5-8-10-12-14-16-18-21-33-27-25(23-30)36-29(35-20-7-3)26(31-24(4)32)28(27)34-22-19-17-15-13-11-9-6-2/h7,25-29H,3,5-6,8-23,30H2,1-2,4H3,(H,31,32). The molecule has 1 aliphatic rings. The minimum absolute atomic E-state index is 0.155. The summed E-state index contributed by atoms with van der Waals surface area (Å²) in [6.07, 6.45) is 16.9. The molecule has 1 rings (SSSR count). The molecule has 7 heteroatoms. The number of amides is 1. The third kappa shape index (κ3) is 14.1. The van der Waals surface area contributed by atoms with Crippen LogP contribution in [0.2, 0.25) is 0 Å². The van der Waals surface area contributed by atoms with Crippen LogP contribution in [0.3, 0.4) is 0 Å². The van der Waals surface area contributed by atoms with E-state index in [4.69, 9.17) is 24.7 Å². The lowest BCUT2D eigenvalue weighted by Crippen LogP contribution is -2.66. The van der Waals surface area contributed by atoms with Gasteiger partial charge in [-0.2, -0.15) is 0 Å². The van der Waals surface area contributed by atoms with Gasteiger partial charge in [0, 0.05) is 26.7 Å². The Balaban J connectivity index is 2.75. The molecule has 5 unspecified atom stereocenters. The van der Waals surface area contributed by atoms with Gasteiger partial charge in [0.15, 0.2) is 6.29 Å². The van der Waals surface area contributed by atoms with Crippen molar-refractivity contribution in [3.63, 3.8) is 0 Å². The Morgan fingerprint density at radius 3 is 1.81 bits per heavy atom. The molecule has 0 saturated carbocycles. The van der Waals surface area contributed by atoms with E-state index in [-0.39, 0.29) is 18.1 Å². The summed E-state index contributed by atoms with van der Waals surface area (Å²) in [5.74, 6) is -0.155. The second-order valence-electron chi connectivity index (χ2n) is 10.0. The van der Waals surface area contributed by atoms with Gasteiger partial charge in [0.25, 0.3) is 0 Å². The van der Waals surface area contributed by atoms with Crippen molar-refractivity contribution in [2.24, 2.45) is 5.73 Å². The molecule has 5 atom stereocenters. The van der Waals surface area contributed by atoms with E-state index in [0.29, 0.717) is 26.4 Å². The largest absolute Gasteiger partial charge is 0.373 e. The highest BCUT2D eigenvalue weighted by Crippen LogP contribution is 2.27. The van der Waals surface area contributed by atoms with Crippen molar-refractivity contribution in [2.45, 2.75) is 141 Å². The molecule has 0 aromatic rings. The van der Waals surface area contributed by atoms with Crippen LogP contribution in [0.5, 0.6) is 0 Å². The van der Waals surface area contributed by atoms with Gasteiger partial charge in [-0.25, -0.2) is 0 Å². The van der Waals surface area contributed by atoms with Crippen molar-refractivity contribution in [2.75, 3.05) is 26.4 Å². The summed E-state index contributed by atoms with van der Waals surface area (Å²) in [7, 11) is 0. The van der Waals surface area contributed by atoms with Crippen molar-refractivity contribution in [1.29, 1.82) is 0 Å². The Bertz CT molecular complexity index is 548. The highest BCUT2D eigenvalue weighted by Gasteiger charge is 2.47. The third-order valence-corrected chi connectivity index (χ3v) is 6.74. The molecule has 212 valence electrons. The van der Waals surface area contributed by atoms with Crippen LogP contribution in [0.15, 0.2) is 12.7 Å². The molecule has 1 aliphatic heterocycles. The van der Waals surface area contributed by atoms with E-state index in [1.807, 2.05) is 0 Å². The van der Waals surface area contributed by atoms with Crippen LogP contribution in [0.25, 0.3) is 0 Å². The molecule has 3 N–H and O–H groups in total. The van der Waals surface area contributed by atoms with Crippen LogP contribution in [-0.4, -0.2) is 62.9 Å². The van der Waals surface area contributed by atoms with E-state index >= 15 is 0 Å². The SMILES string of the molecule is C=CCOC1OC(CN)C(OCCCCCCCCC)C(OCCCCCCCCC)C1NC(C)=O. The average Bonchev–Trinajstić information content (AvgIpc) is 2.87. The molecule has 1 fully saturated rings. The summed E-state index contributed by atoms with van der Waals surface area (Å²) in [4.78, 5) is 12.1. The normalized spacial score (nSPS) is 24.1. The van der Waals surface area contributed by atoms with Gasteiger partial charge < -0.3 is 30.0 Å². The van der Waals surface area contributed by atoms with Crippen LogP contribution < -0.4 is 11.1 Å². The zero-order chi connectivity index (χ0) is 26.4. The summed E-state index contributed by atoms with van der Waals surface area (Å²) >= 11 is 0. The van der Waals surface area contributed by atoms with Gasteiger partial charge >= 0.3 is 0 Å². The maximum Gasteiger partial charge on any atom is 0.217 e. The van der Waals surface area contributed by atoms with E-state index < -0.39 is 18.4 Å². The third-order valence-electron chi connectivity index (χ3n) is 6.74. The maximum absolute atomic E-state index is 12.1. The number of carbonyl (C=O) groups excluding carboxylic acids is 1. The predicted octanol–water partition coefficient (Wildman–Crippen LogP) is 5.65. The molecular formula is C29H56N2O5. The van der Waals surface area contributed by atoms with Gasteiger partial charge in [-0.3, -0.25) is 4.79 Å². The number of rotatable bonds is 23. The number of ether oxygens (including phenoxy) is 4. The van der Waals surface area contributed by atoms with Crippen molar-refractivity contribution in [1.82, 2.24) is 5.32 Å². The minimum atomic E-state index is -0.669. The second kappa shape index (κ2) is 22.0. The van der Waals surface area contributed by atoms with Gasteiger partial charge in [0.05, 0.1) is 6.61 Å². The molecule has 0 aromatic carbocycles. The Hall–Kier alpha value is -0.990. The molecule has 0 bridgehead atoms. The summed E-state index contributed by atoms with van der Waals surface area (Å²) in [6, 6.07) is -0.478. The highest BCUT2D eigenvalue weighted by molar-refractivity contribution is 5.73. The van der Waals surface area contributed by atoms with Gasteiger partial charge in [0.2, 0.25) is 5.91 Å². The Morgan fingerprint density at radius 2 is 1.33 bits per heavy atom. The van der Waals surface area contributed by atoms with Crippen molar-refractivity contribution < 1.29 is 23.7 Å². The van der Waals surface area contributed by atoms with E-state index in [1.165, 1.54) is 71.1 Å². The maximum atomic E-state index is 12.1. The van der Waals surface area contributed by atoms with Gasteiger partial charge in [0.1, 0.15) is 24.4 Å². The monoisotopic (exact) mass is 512 g/mol. The quantitative estimate of drug-likeness (QED) is 0.136. The smallest absolute Gasteiger partial charge is 0.217 e. The number of carbonyl (C=O) groups is 1. The van der Waals surface area contributed by atoms with Crippen LogP contribution in [0.1, 0.15) is 111 Å². The summed E-state index contributed by atoms with van der Waals surface area (Å²) in [5.41, 5.74) is 6.10. The first kappa shape index (κ1) is 33.0. The molecule has 1 saturated heterocycles. The second-order valence-corrected chi connectivity index (χ2v) is 10.0. The average molecular weight is 513 g/mol. The van der Waals surface area contributed by atoms with E-state index in [0.717, 1.165) is 25.7 Å². The molecule has 1 heterocycles. The topological polar surface area (TPSA) is 92.0 Å².